The zero-order valence-electron chi connectivity index (χ0n) is 12.8. The van der Waals surface area contributed by atoms with Gasteiger partial charge in [-0.3, -0.25) is 4.79 Å². The molecule has 21 heavy (non-hydrogen) atoms. The van der Waals surface area contributed by atoms with E-state index in [0.29, 0.717) is 23.1 Å². The van der Waals surface area contributed by atoms with Crippen molar-refractivity contribution >= 4 is 5.91 Å². The topological polar surface area (TPSA) is 64.4 Å². The van der Waals surface area contributed by atoms with E-state index in [0.717, 1.165) is 12.0 Å². The molecule has 0 fully saturated rings. The van der Waals surface area contributed by atoms with E-state index in [9.17, 15) is 4.79 Å². The van der Waals surface area contributed by atoms with Crippen LogP contribution in [-0.4, -0.2) is 24.0 Å². The number of hydrogen-bond acceptors (Lipinski definition) is 4. The number of amides is 1. The summed E-state index contributed by atoms with van der Waals surface area (Å²) in [6.07, 6.45) is 0.866. The summed E-state index contributed by atoms with van der Waals surface area (Å²) < 4.78 is 10.8. The third-order valence-corrected chi connectivity index (χ3v) is 3.32. The number of benzene rings is 1. The van der Waals surface area contributed by atoms with E-state index in [4.69, 9.17) is 9.15 Å². The molecule has 0 radical (unpaired) electrons. The molecule has 1 unspecified atom stereocenters. The highest BCUT2D eigenvalue weighted by Gasteiger charge is 2.19. The van der Waals surface area contributed by atoms with Crippen LogP contribution in [-0.2, 0) is 0 Å². The molecule has 0 spiro atoms. The number of aryl methyl sites for hydroxylation is 1. The highest BCUT2D eigenvalue weighted by atomic mass is 16.5. The minimum Gasteiger partial charge on any atom is -0.497 e. The molecule has 5 nitrogen and oxygen atoms in total. The van der Waals surface area contributed by atoms with E-state index >= 15 is 0 Å². The molecule has 1 N–H and O–H groups in total. The quantitative estimate of drug-likeness (QED) is 0.917. The van der Waals surface area contributed by atoms with Crippen molar-refractivity contribution in [1.82, 2.24) is 10.3 Å². The van der Waals surface area contributed by atoms with Crippen LogP contribution >= 0.6 is 0 Å². The number of rotatable bonds is 5. The molecule has 1 aromatic carbocycles. The van der Waals surface area contributed by atoms with Crippen LogP contribution < -0.4 is 10.1 Å². The highest BCUT2D eigenvalue weighted by molar-refractivity contribution is 5.93. The van der Waals surface area contributed by atoms with Crippen molar-refractivity contribution in [1.29, 1.82) is 0 Å². The number of aromatic nitrogens is 1. The van der Waals surface area contributed by atoms with Gasteiger partial charge in [0.05, 0.1) is 7.11 Å². The fraction of sp³-hybridized carbons (Fsp3) is 0.375. The lowest BCUT2D eigenvalue weighted by atomic mass is 10.2. The fourth-order valence-electron chi connectivity index (χ4n) is 1.88. The molecule has 0 aliphatic carbocycles. The average Bonchev–Trinajstić information content (AvgIpc) is 2.89. The van der Waals surface area contributed by atoms with Crippen molar-refractivity contribution in [3.63, 3.8) is 0 Å². The lowest BCUT2D eigenvalue weighted by Gasteiger charge is -2.09. The van der Waals surface area contributed by atoms with Gasteiger partial charge in [-0.2, -0.15) is 0 Å². The van der Waals surface area contributed by atoms with Crippen LogP contribution in [0.2, 0.25) is 0 Å². The predicted octanol–water partition coefficient (Wildman–Crippen LogP) is 3.19. The second kappa shape index (κ2) is 6.43. The van der Waals surface area contributed by atoms with E-state index in [1.54, 1.807) is 14.0 Å². The van der Waals surface area contributed by atoms with Crippen molar-refractivity contribution in [2.24, 2.45) is 0 Å². The molecule has 2 aromatic rings. The minimum absolute atomic E-state index is 0.105. The number of oxazole rings is 1. The maximum Gasteiger partial charge on any atom is 0.273 e. The van der Waals surface area contributed by atoms with Crippen LogP contribution in [0.4, 0.5) is 0 Å². The van der Waals surface area contributed by atoms with Gasteiger partial charge in [0.15, 0.2) is 5.69 Å². The third kappa shape index (κ3) is 3.42. The lowest BCUT2D eigenvalue weighted by molar-refractivity contribution is 0.0933. The minimum atomic E-state index is -0.209. The van der Waals surface area contributed by atoms with Gasteiger partial charge in [0.2, 0.25) is 5.89 Å². The molecular formula is C16H20N2O3. The Kier molecular flexibility index (Phi) is 4.62. The number of methoxy groups -OCH3 is 1. The molecule has 0 saturated heterocycles. The van der Waals surface area contributed by atoms with Gasteiger partial charge in [-0.05, 0) is 38.5 Å². The number of ether oxygens (including phenoxy) is 1. The van der Waals surface area contributed by atoms with Crippen molar-refractivity contribution in [2.45, 2.75) is 33.2 Å². The Morgan fingerprint density at radius 1 is 1.48 bits per heavy atom. The van der Waals surface area contributed by atoms with Crippen molar-refractivity contribution in [3.8, 4) is 17.2 Å². The van der Waals surface area contributed by atoms with Gasteiger partial charge >= 0.3 is 0 Å². The lowest BCUT2D eigenvalue weighted by Crippen LogP contribution is -2.32. The first-order valence-corrected chi connectivity index (χ1v) is 6.97. The Morgan fingerprint density at radius 3 is 2.90 bits per heavy atom. The van der Waals surface area contributed by atoms with E-state index in [2.05, 4.69) is 10.3 Å². The number of carbonyl (C=O) groups excluding carboxylic acids is 1. The molecule has 1 atom stereocenters. The third-order valence-electron chi connectivity index (χ3n) is 3.32. The fourth-order valence-corrected chi connectivity index (χ4v) is 1.88. The maximum atomic E-state index is 12.1. The zero-order valence-corrected chi connectivity index (χ0v) is 12.8. The van der Waals surface area contributed by atoms with Gasteiger partial charge in [0.25, 0.3) is 5.91 Å². The second-order valence-corrected chi connectivity index (χ2v) is 4.94. The Hall–Kier alpha value is -2.30. The van der Waals surface area contributed by atoms with Crippen molar-refractivity contribution < 1.29 is 13.9 Å². The highest BCUT2D eigenvalue weighted by Crippen LogP contribution is 2.25. The molecule has 2 rings (SSSR count). The first kappa shape index (κ1) is 15.1. The molecule has 1 heterocycles. The molecule has 112 valence electrons. The van der Waals surface area contributed by atoms with Crippen LogP contribution in [0.1, 0.15) is 36.5 Å². The Labute approximate surface area is 124 Å². The standard InChI is InChI=1S/C16H20N2O3/c1-5-10(2)17-15(19)14-11(3)21-16(18-14)12-7-6-8-13(9-12)20-4/h6-10H,5H2,1-4H3,(H,17,19). The number of carbonyl (C=O) groups is 1. The van der Waals surface area contributed by atoms with Crippen LogP contribution in [0.3, 0.4) is 0 Å². The van der Waals surface area contributed by atoms with Gasteiger partial charge in [0, 0.05) is 11.6 Å². The summed E-state index contributed by atoms with van der Waals surface area (Å²) in [6, 6.07) is 7.49. The van der Waals surface area contributed by atoms with Crippen LogP contribution in [0.25, 0.3) is 11.5 Å². The Balaban J connectivity index is 2.28. The average molecular weight is 288 g/mol. The summed E-state index contributed by atoms with van der Waals surface area (Å²) in [4.78, 5) is 16.5. The van der Waals surface area contributed by atoms with E-state index in [1.165, 1.54) is 0 Å². The monoisotopic (exact) mass is 288 g/mol. The van der Waals surface area contributed by atoms with Crippen LogP contribution in [0, 0.1) is 6.92 Å². The molecule has 1 aromatic heterocycles. The van der Waals surface area contributed by atoms with Gasteiger partial charge in [-0.25, -0.2) is 4.98 Å². The van der Waals surface area contributed by atoms with Gasteiger partial charge in [-0.15, -0.1) is 0 Å². The normalized spacial score (nSPS) is 12.0. The molecule has 0 aliphatic rings. The number of nitrogens with one attached hydrogen (secondary N) is 1. The van der Waals surface area contributed by atoms with E-state index in [-0.39, 0.29) is 11.9 Å². The molecule has 1 amide bonds. The molecular weight excluding hydrogens is 268 g/mol. The van der Waals surface area contributed by atoms with Gasteiger partial charge in [0.1, 0.15) is 11.5 Å². The van der Waals surface area contributed by atoms with Crippen LogP contribution in [0.5, 0.6) is 5.75 Å². The summed E-state index contributed by atoms with van der Waals surface area (Å²) in [5, 5.41) is 2.89. The first-order valence-electron chi connectivity index (χ1n) is 6.97. The van der Waals surface area contributed by atoms with Crippen LogP contribution in [0.15, 0.2) is 28.7 Å². The second-order valence-electron chi connectivity index (χ2n) is 4.94. The molecule has 5 heteroatoms. The van der Waals surface area contributed by atoms with Gasteiger partial charge < -0.3 is 14.5 Å². The molecule has 0 saturated carbocycles. The zero-order chi connectivity index (χ0) is 15.4. The summed E-state index contributed by atoms with van der Waals surface area (Å²) in [7, 11) is 1.60. The van der Waals surface area contributed by atoms with E-state index in [1.807, 2.05) is 38.1 Å². The van der Waals surface area contributed by atoms with Gasteiger partial charge in [-0.1, -0.05) is 13.0 Å². The Morgan fingerprint density at radius 2 is 2.24 bits per heavy atom. The van der Waals surface area contributed by atoms with Crippen molar-refractivity contribution in [3.05, 3.63) is 35.7 Å². The van der Waals surface area contributed by atoms with Crippen molar-refractivity contribution in [2.75, 3.05) is 7.11 Å². The Bertz CT molecular complexity index is 634. The largest absolute Gasteiger partial charge is 0.497 e. The summed E-state index contributed by atoms with van der Waals surface area (Å²) in [5.41, 5.74) is 1.10. The molecule has 0 aliphatic heterocycles. The maximum absolute atomic E-state index is 12.1. The number of hydrogen-bond donors (Lipinski definition) is 1. The summed E-state index contributed by atoms with van der Waals surface area (Å²) in [5.74, 6) is 1.43. The predicted molar refractivity (Wildman–Crippen MR) is 80.4 cm³/mol. The summed E-state index contributed by atoms with van der Waals surface area (Å²) in [6.45, 7) is 5.71. The number of nitrogens with zero attached hydrogens (tertiary/aromatic N) is 1. The SMILES string of the molecule is CCC(C)NC(=O)c1nc(-c2cccc(OC)c2)oc1C. The smallest absolute Gasteiger partial charge is 0.273 e. The molecule has 0 bridgehead atoms. The van der Waals surface area contributed by atoms with E-state index < -0.39 is 0 Å². The first-order chi connectivity index (χ1) is 10.0. The summed E-state index contributed by atoms with van der Waals surface area (Å²) >= 11 is 0.